The number of hydrogen-bond donors (Lipinski definition) is 1. The number of fused-ring (bicyclic) bond motifs is 2. The van der Waals surface area contributed by atoms with Crippen molar-refractivity contribution in [3.05, 3.63) is 11.4 Å². The first kappa shape index (κ1) is 12.8. The maximum Gasteiger partial charge on any atom is 0.246 e. The van der Waals surface area contributed by atoms with E-state index >= 15 is 0 Å². The fraction of sp³-hybridized carbons (Fsp3) is 0.786. The van der Waals surface area contributed by atoms with Crippen molar-refractivity contribution in [2.24, 2.45) is 5.73 Å². The van der Waals surface area contributed by atoms with Crippen LogP contribution in [-0.2, 0) is 12.8 Å². The smallest absolute Gasteiger partial charge is 0.246 e. The predicted molar refractivity (Wildman–Crippen MR) is 75.1 cm³/mol. The second kappa shape index (κ2) is 5.04. The van der Waals surface area contributed by atoms with Gasteiger partial charge in [-0.3, -0.25) is 0 Å². The van der Waals surface area contributed by atoms with E-state index in [1.807, 2.05) is 0 Å². The molecule has 1 aromatic rings. The first-order valence-corrected chi connectivity index (χ1v) is 7.49. The van der Waals surface area contributed by atoms with Gasteiger partial charge in [0, 0.05) is 18.1 Å². The average Bonchev–Trinajstić information content (AvgIpc) is 2.70. The van der Waals surface area contributed by atoms with E-state index in [0.717, 1.165) is 43.0 Å². The van der Waals surface area contributed by atoms with Crippen LogP contribution in [0.1, 0.15) is 50.9 Å². The van der Waals surface area contributed by atoms with Crippen molar-refractivity contribution in [1.82, 2.24) is 15.2 Å². The largest absolute Gasteiger partial charge is 0.333 e. The number of hydrogen-bond acceptors (Lipinski definition) is 5. The molecule has 0 aromatic carbocycles. The monoisotopic (exact) mass is 261 g/mol. The van der Waals surface area contributed by atoms with Crippen LogP contribution in [0.15, 0.2) is 0 Å². The van der Waals surface area contributed by atoms with Gasteiger partial charge in [0.05, 0.1) is 11.4 Å². The average molecular weight is 261 g/mol. The zero-order chi connectivity index (χ0) is 13.4. The molecule has 3 heterocycles. The molecule has 2 unspecified atom stereocenters. The van der Waals surface area contributed by atoms with Crippen molar-refractivity contribution in [3.8, 4) is 0 Å². The summed E-state index contributed by atoms with van der Waals surface area (Å²) >= 11 is 0. The Bertz CT molecular complexity index is 447. The summed E-state index contributed by atoms with van der Waals surface area (Å²) in [5.74, 6) is 0.827. The molecular weight excluding hydrogens is 238 g/mol. The minimum atomic E-state index is 0.349. The third-order valence-corrected chi connectivity index (χ3v) is 4.50. The van der Waals surface area contributed by atoms with E-state index in [1.165, 1.54) is 12.8 Å². The summed E-state index contributed by atoms with van der Waals surface area (Å²) in [7, 11) is 0. The normalized spacial score (nSPS) is 29.8. The number of aromatic nitrogens is 3. The third-order valence-electron chi connectivity index (χ3n) is 4.50. The molecule has 5 heteroatoms. The molecule has 1 aromatic heterocycles. The van der Waals surface area contributed by atoms with Crippen LogP contribution in [0.25, 0.3) is 0 Å². The highest BCUT2D eigenvalue weighted by molar-refractivity contribution is 5.37. The molecule has 2 bridgehead atoms. The zero-order valence-corrected chi connectivity index (χ0v) is 11.8. The Hall–Kier alpha value is -1.23. The molecule has 0 spiro atoms. The molecule has 2 fully saturated rings. The Labute approximate surface area is 114 Å². The standard InChI is InChI=1S/C14H23N5/c1-3-12-13(4-2)17-18-14(16-12)19-10-5-6-11(19)8-9(15)7-10/h9-11H,3-8,15H2,1-2H3. The number of anilines is 1. The van der Waals surface area contributed by atoms with Gasteiger partial charge in [-0.15, -0.1) is 5.10 Å². The van der Waals surface area contributed by atoms with Crippen LogP contribution in [0.3, 0.4) is 0 Å². The molecule has 2 atom stereocenters. The fourth-order valence-electron chi connectivity index (χ4n) is 3.58. The lowest BCUT2D eigenvalue weighted by molar-refractivity contribution is 0.407. The second-order valence-electron chi connectivity index (χ2n) is 5.74. The number of piperidine rings is 1. The van der Waals surface area contributed by atoms with E-state index in [9.17, 15) is 0 Å². The maximum atomic E-state index is 6.11. The lowest BCUT2D eigenvalue weighted by Crippen LogP contribution is -2.48. The lowest BCUT2D eigenvalue weighted by Gasteiger charge is -2.37. The summed E-state index contributed by atoms with van der Waals surface area (Å²) in [4.78, 5) is 7.15. The van der Waals surface area contributed by atoms with Crippen molar-refractivity contribution in [2.45, 2.75) is 70.5 Å². The molecular formula is C14H23N5. The van der Waals surface area contributed by atoms with E-state index < -0.39 is 0 Å². The summed E-state index contributed by atoms with van der Waals surface area (Å²) in [6.45, 7) is 4.24. The Morgan fingerprint density at radius 2 is 1.68 bits per heavy atom. The predicted octanol–water partition coefficient (Wildman–Crippen LogP) is 1.45. The van der Waals surface area contributed by atoms with E-state index in [-0.39, 0.29) is 0 Å². The summed E-state index contributed by atoms with van der Waals surface area (Å²) in [5, 5.41) is 8.75. The Morgan fingerprint density at radius 3 is 2.26 bits per heavy atom. The van der Waals surface area contributed by atoms with E-state index in [4.69, 9.17) is 10.7 Å². The molecule has 3 rings (SSSR count). The van der Waals surface area contributed by atoms with Crippen molar-refractivity contribution in [3.63, 3.8) is 0 Å². The van der Waals surface area contributed by atoms with Gasteiger partial charge in [-0.1, -0.05) is 13.8 Å². The molecule has 0 saturated carbocycles. The van der Waals surface area contributed by atoms with Crippen LogP contribution in [0.2, 0.25) is 0 Å². The van der Waals surface area contributed by atoms with Gasteiger partial charge in [0.15, 0.2) is 0 Å². The molecule has 104 valence electrons. The fourth-order valence-corrected chi connectivity index (χ4v) is 3.58. The third kappa shape index (κ3) is 2.20. The summed E-state index contributed by atoms with van der Waals surface area (Å²) < 4.78 is 0. The van der Waals surface area contributed by atoms with Crippen molar-refractivity contribution in [1.29, 1.82) is 0 Å². The van der Waals surface area contributed by atoms with Gasteiger partial charge >= 0.3 is 0 Å². The second-order valence-corrected chi connectivity index (χ2v) is 5.74. The van der Waals surface area contributed by atoms with Gasteiger partial charge in [0.2, 0.25) is 5.95 Å². The molecule has 19 heavy (non-hydrogen) atoms. The molecule has 2 aliphatic heterocycles. The van der Waals surface area contributed by atoms with Crippen LogP contribution < -0.4 is 10.6 Å². The van der Waals surface area contributed by atoms with Gasteiger partial charge in [-0.2, -0.15) is 5.10 Å². The van der Waals surface area contributed by atoms with Crippen LogP contribution in [0.5, 0.6) is 0 Å². The molecule has 0 amide bonds. The molecule has 0 aliphatic carbocycles. The molecule has 0 radical (unpaired) electrons. The van der Waals surface area contributed by atoms with Gasteiger partial charge in [0.1, 0.15) is 0 Å². The summed E-state index contributed by atoms with van der Waals surface area (Å²) in [5.41, 5.74) is 8.25. The van der Waals surface area contributed by atoms with E-state index in [2.05, 4.69) is 28.9 Å². The zero-order valence-electron chi connectivity index (χ0n) is 11.8. The number of nitrogens with two attached hydrogens (primary N) is 1. The Kier molecular flexibility index (Phi) is 3.39. The number of nitrogens with zero attached hydrogens (tertiary/aromatic N) is 4. The van der Waals surface area contributed by atoms with E-state index in [1.54, 1.807) is 0 Å². The highest BCUT2D eigenvalue weighted by atomic mass is 15.4. The first-order valence-electron chi connectivity index (χ1n) is 7.49. The van der Waals surface area contributed by atoms with Crippen LogP contribution in [0, 0.1) is 0 Å². The number of rotatable bonds is 3. The van der Waals surface area contributed by atoms with Crippen molar-refractivity contribution >= 4 is 5.95 Å². The Balaban J connectivity index is 1.90. The van der Waals surface area contributed by atoms with Crippen LogP contribution in [-0.4, -0.2) is 33.3 Å². The van der Waals surface area contributed by atoms with Crippen molar-refractivity contribution in [2.75, 3.05) is 4.90 Å². The molecule has 2 aliphatic rings. The molecule has 5 nitrogen and oxygen atoms in total. The van der Waals surface area contributed by atoms with Crippen LogP contribution >= 0.6 is 0 Å². The van der Waals surface area contributed by atoms with Gasteiger partial charge < -0.3 is 10.6 Å². The van der Waals surface area contributed by atoms with Gasteiger partial charge in [-0.05, 0) is 38.5 Å². The summed E-state index contributed by atoms with van der Waals surface area (Å²) in [6, 6.07) is 1.39. The summed E-state index contributed by atoms with van der Waals surface area (Å²) in [6.07, 6.45) is 6.40. The quantitative estimate of drug-likeness (QED) is 0.892. The topological polar surface area (TPSA) is 67.9 Å². The highest BCUT2D eigenvalue weighted by Crippen LogP contribution is 2.37. The molecule has 2 N–H and O–H groups in total. The number of aryl methyl sites for hydroxylation is 2. The first-order chi connectivity index (χ1) is 9.22. The minimum absolute atomic E-state index is 0.349. The Morgan fingerprint density at radius 1 is 1.05 bits per heavy atom. The minimum Gasteiger partial charge on any atom is -0.333 e. The highest BCUT2D eigenvalue weighted by Gasteiger charge is 2.41. The lowest BCUT2D eigenvalue weighted by atomic mass is 9.99. The van der Waals surface area contributed by atoms with Crippen LogP contribution in [0.4, 0.5) is 5.95 Å². The molecule has 2 saturated heterocycles. The SMILES string of the molecule is CCc1nnc(N2C3CCC2CC(N)C3)nc1CC. The van der Waals surface area contributed by atoms with Gasteiger partial charge in [0.25, 0.3) is 0 Å². The maximum absolute atomic E-state index is 6.11. The van der Waals surface area contributed by atoms with Gasteiger partial charge in [-0.25, -0.2) is 4.98 Å². The van der Waals surface area contributed by atoms with E-state index in [0.29, 0.717) is 18.1 Å². The van der Waals surface area contributed by atoms with Crippen molar-refractivity contribution < 1.29 is 0 Å².